The standard InChI is InChI=1S/C16H16N2O2/c17-13-8-7-12(16(19)20)10-15(13)18-9-3-5-11-4-1-2-6-14(11)18/h1-2,4,6-8,10H,3,5,9,17H2,(H,19,20). The molecule has 1 heterocycles. The van der Waals surface area contributed by atoms with Gasteiger partial charge in [0.05, 0.1) is 16.9 Å². The highest BCUT2D eigenvalue weighted by Gasteiger charge is 2.20. The normalized spacial score (nSPS) is 13.9. The maximum Gasteiger partial charge on any atom is 0.335 e. The minimum atomic E-state index is -0.934. The summed E-state index contributed by atoms with van der Waals surface area (Å²) in [6.45, 7) is 0.851. The van der Waals surface area contributed by atoms with Crippen molar-refractivity contribution >= 4 is 23.0 Å². The molecule has 1 aliphatic heterocycles. The molecule has 20 heavy (non-hydrogen) atoms. The molecule has 2 aromatic carbocycles. The number of para-hydroxylation sites is 1. The summed E-state index contributed by atoms with van der Waals surface area (Å²) in [5.74, 6) is -0.934. The van der Waals surface area contributed by atoms with Gasteiger partial charge in [0.2, 0.25) is 0 Å². The number of rotatable bonds is 2. The Morgan fingerprint density at radius 1 is 1.15 bits per heavy atom. The topological polar surface area (TPSA) is 66.6 Å². The minimum absolute atomic E-state index is 0.261. The van der Waals surface area contributed by atoms with E-state index in [9.17, 15) is 4.79 Å². The van der Waals surface area contributed by atoms with Crippen LogP contribution in [0.3, 0.4) is 0 Å². The highest BCUT2D eigenvalue weighted by atomic mass is 16.4. The molecular weight excluding hydrogens is 252 g/mol. The molecular formula is C16H16N2O2. The Kier molecular flexibility index (Phi) is 3.06. The van der Waals surface area contributed by atoms with E-state index in [1.807, 2.05) is 12.1 Å². The third-order valence-corrected chi connectivity index (χ3v) is 3.68. The smallest absolute Gasteiger partial charge is 0.335 e. The summed E-state index contributed by atoms with van der Waals surface area (Å²) in [5.41, 5.74) is 10.1. The predicted molar refractivity (Wildman–Crippen MR) is 79.6 cm³/mol. The summed E-state index contributed by atoms with van der Waals surface area (Å²) < 4.78 is 0. The molecule has 0 saturated heterocycles. The Morgan fingerprint density at radius 3 is 2.75 bits per heavy atom. The van der Waals surface area contributed by atoms with Crippen LogP contribution in [0.4, 0.5) is 17.1 Å². The van der Waals surface area contributed by atoms with E-state index in [0.717, 1.165) is 30.8 Å². The quantitative estimate of drug-likeness (QED) is 0.821. The molecule has 0 amide bonds. The summed E-state index contributed by atoms with van der Waals surface area (Å²) in [6, 6.07) is 13.0. The lowest BCUT2D eigenvalue weighted by atomic mass is 10.0. The molecule has 0 saturated carbocycles. The summed E-state index contributed by atoms with van der Waals surface area (Å²) >= 11 is 0. The molecule has 0 fully saturated rings. The predicted octanol–water partition coefficient (Wildman–Crippen LogP) is 3.05. The maximum absolute atomic E-state index is 11.1. The van der Waals surface area contributed by atoms with Gasteiger partial charge in [-0.05, 0) is 42.7 Å². The average molecular weight is 268 g/mol. The van der Waals surface area contributed by atoms with Crippen LogP contribution in [0, 0.1) is 0 Å². The fourth-order valence-corrected chi connectivity index (χ4v) is 2.69. The van der Waals surface area contributed by atoms with E-state index in [0.29, 0.717) is 5.69 Å². The first-order valence-corrected chi connectivity index (χ1v) is 6.65. The Labute approximate surface area is 117 Å². The van der Waals surface area contributed by atoms with Crippen molar-refractivity contribution in [3.05, 3.63) is 53.6 Å². The third kappa shape index (κ3) is 2.09. The fourth-order valence-electron chi connectivity index (χ4n) is 2.69. The van der Waals surface area contributed by atoms with Crippen molar-refractivity contribution in [2.75, 3.05) is 17.2 Å². The first-order chi connectivity index (χ1) is 9.66. The molecule has 0 unspecified atom stereocenters. The number of nitrogens with zero attached hydrogens (tertiary/aromatic N) is 1. The molecule has 0 bridgehead atoms. The van der Waals surface area contributed by atoms with Gasteiger partial charge in [0, 0.05) is 12.2 Å². The van der Waals surface area contributed by atoms with Gasteiger partial charge < -0.3 is 15.7 Å². The lowest BCUT2D eigenvalue weighted by Gasteiger charge is -2.32. The van der Waals surface area contributed by atoms with Crippen LogP contribution in [0.1, 0.15) is 22.3 Å². The van der Waals surface area contributed by atoms with Crippen LogP contribution < -0.4 is 10.6 Å². The second kappa shape index (κ2) is 4.89. The van der Waals surface area contributed by atoms with Crippen LogP contribution in [0.5, 0.6) is 0 Å². The molecule has 0 radical (unpaired) electrons. The first-order valence-electron chi connectivity index (χ1n) is 6.65. The lowest BCUT2D eigenvalue weighted by Crippen LogP contribution is -2.25. The molecule has 3 N–H and O–H groups in total. The first kappa shape index (κ1) is 12.5. The van der Waals surface area contributed by atoms with Crippen molar-refractivity contribution in [1.29, 1.82) is 0 Å². The van der Waals surface area contributed by atoms with Gasteiger partial charge in [0.1, 0.15) is 0 Å². The fraction of sp³-hybridized carbons (Fsp3) is 0.188. The number of nitrogens with two attached hydrogens (primary N) is 1. The molecule has 0 aliphatic carbocycles. The molecule has 4 heteroatoms. The van der Waals surface area contributed by atoms with Gasteiger partial charge in [-0.25, -0.2) is 4.79 Å². The van der Waals surface area contributed by atoms with Crippen molar-refractivity contribution in [1.82, 2.24) is 0 Å². The molecule has 0 atom stereocenters. The maximum atomic E-state index is 11.1. The van der Waals surface area contributed by atoms with Crippen molar-refractivity contribution in [2.24, 2.45) is 0 Å². The highest BCUT2D eigenvalue weighted by Crippen LogP contribution is 2.36. The summed E-state index contributed by atoms with van der Waals surface area (Å²) in [5, 5.41) is 9.13. The van der Waals surface area contributed by atoms with E-state index in [1.54, 1.807) is 12.1 Å². The van der Waals surface area contributed by atoms with Crippen molar-refractivity contribution in [3.63, 3.8) is 0 Å². The summed E-state index contributed by atoms with van der Waals surface area (Å²) in [4.78, 5) is 13.2. The third-order valence-electron chi connectivity index (χ3n) is 3.68. The summed E-state index contributed by atoms with van der Waals surface area (Å²) in [7, 11) is 0. The number of nitrogen functional groups attached to an aromatic ring is 1. The SMILES string of the molecule is Nc1ccc(C(=O)O)cc1N1CCCc2ccccc21. The number of anilines is 3. The van der Waals surface area contributed by atoms with Gasteiger partial charge in [-0.15, -0.1) is 0 Å². The van der Waals surface area contributed by atoms with Gasteiger partial charge in [0.25, 0.3) is 0 Å². The molecule has 0 spiro atoms. The van der Waals surface area contributed by atoms with Gasteiger partial charge in [-0.3, -0.25) is 0 Å². The Bertz CT molecular complexity index is 667. The van der Waals surface area contributed by atoms with Crippen LogP contribution in [0.25, 0.3) is 0 Å². The van der Waals surface area contributed by atoms with E-state index in [-0.39, 0.29) is 5.56 Å². The largest absolute Gasteiger partial charge is 0.478 e. The van der Waals surface area contributed by atoms with E-state index >= 15 is 0 Å². The van der Waals surface area contributed by atoms with E-state index in [4.69, 9.17) is 10.8 Å². The zero-order valence-corrected chi connectivity index (χ0v) is 11.0. The van der Waals surface area contributed by atoms with Crippen LogP contribution in [0.2, 0.25) is 0 Å². The van der Waals surface area contributed by atoms with Crippen LogP contribution in [-0.4, -0.2) is 17.6 Å². The number of fused-ring (bicyclic) bond motifs is 1. The number of carboxylic acid groups (broad SMARTS) is 1. The van der Waals surface area contributed by atoms with Gasteiger partial charge >= 0.3 is 5.97 Å². The molecule has 0 aromatic heterocycles. The molecule has 102 valence electrons. The van der Waals surface area contributed by atoms with Gasteiger partial charge in [-0.1, -0.05) is 18.2 Å². The Balaban J connectivity index is 2.10. The number of hydrogen-bond donors (Lipinski definition) is 2. The van der Waals surface area contributed by atoms with Crippen LogP contribution in [0.15, 0.2) is 42.5 Å². The zero-order chi connectivity index (χ0) is 14.1. The van der Waals surface area contributed by atoms with Crippen molar-refractivity contribution < 1.29 is 9.90 Å². The minimum Gasteiger partial charge on any atom is -0.478 e. The number of hydrogen-bond acceptors (Lipinski definition) is 3. The average Bonchev–Trinajstić information content (AvgIpc) is 2.47. The molecule has 1 aliphatic rings. The van der Waals surface area contributed by atoms with Crippen LogP contribution >= 0.6 is 0 Å². The van der Waals surface area contributed by atoms with E-state index < -0.39 is 5.97 Å². The summed E-state index contributed by atoms with van der Waals surface area (Å²) in [6.07, 6.45) is 2.08. The Hall–Kier alpha value is -2.49. The van der Waals surface area contributed by atoms with Crippen molar-refractivity contribution in [3.8, 4) is 0 Å². The lowest BCUT2D eigenvalue weighted by molar-refractivity contribution is 0.0697. The number of carboxylic acids is 1. The zero-order valence-electron chi connectivity index (χ0n) is 11.0. The molecule has 3 rings (SSSR count). The number of carbonyl (C=O) groups is 1. The van der Waals surface area contributed by atoms with Gasteiger partial charge in [-0.2, -0.15) is 0 Å². The highest BCUT2D eigenvalue weighted by molar-refractivity contribution is 5.91. The monoisotopic (exact) mass is 268 g/mol. The van der Waals surface area contributed by atoms with Gasteiger partial charge in [0.15, 0.2) is 0 Å². The number of benzene rings is 2. The molecule has 4 nitrogen and oxygen atoms in total. The Morgan fingerprint density at radius 2 is 1.95 bits per heavy atom. The van der Waals surface area contributed by atoms with Crippen molar-refractivity contribution in [2.45, 2.75) is 12.8 Å². The second-order valence-corrected chi connectivity index (χ2v) is 4.96. The molecule has 2 aromatic rings. The number of aryl methyl sites for hydroxylation is 1. The van der Waals surface area contributed by atoms with E-state index in [1.165, 1.54) is 11.6 Å². The second-order valence-electron chi connectivity index (χ2n) is 4.96. The number of aromatic carboxylic acids is 1. The van der Waals surface area contributed by atoms with E-state index in [2.05, 4.69) is 17.0 Å². The van der Waals surface area contributed by atoms with Crippen LogP contribution in [-0.2, 0) is 6.42 Å².